The van der Waals surface area contributed by atoms with Crippen molar-refractivity contribution in [1.29, 1.82) is 0 Å². The molecule has 4 rings (SSSR count). The number of nitrogens with one attached hydrogen (secondary N) is 2. The van der Waals surface area contributed by atoms with Crippen LogP contribution in [-0.2, 0) is 16.1 Å². The summed E-state index contributed by atoms with van der Waals surface area (Å²) in [6, 6.07) is 9.94. The molecular formula is C24H25F2N3O6. The second-order valence-corrected chi connectivity index (χ2v) is 7.92. The lowest BCUT2D eigenvalue weighted by molar-refractivity contribution is -0.139. The van der Waals surface area contributed by atoms with E-state index in [0.29, 0.717) is 23.7 Å². The first-order chi connectivity index (χ1) is 16.9. The summed E-state index contributed by atoms with van der Waals surface area (Å²) >= 11 is 0. The van der Waals surface area contributed by atoms with Crippen molar-refractivity contribution in [3.05, 3.63) is 64.9 Å². The Morgan fingerprint density at radius 1 is 1.17 bits per heavy atom. The SMILES string of the molecule is CCOC(=O)C1=C(CN(C)Cc2ccc3c(c2)OCO3)NC(=O)NC1c1ccccc1OC(F)F. The van der Waals surface area contributed by atoms with Crippen LogP contribution in [-0.4, -0.2) is 50.5 Å². The smallest absolute Gasteiger partial charge is 0.387 e. The summed E-state index contributed by atoms with van der Waals surface area (Å²) in [5, 5.41) is 5.31. The first kappa shape index (κ1) is 24.3. The van der Waals surface area contributed by atoms with Gasteiger partial charge in [-0.2, -0.15) is 8.78 Å². The zero-order valence-electron chi connectivity index (χ0n) is 19.2. The number of ether oxygens (including phenoxy) is 4. The van der Waals surface area contributed by atoms with Gasteiger partial charge in [-0.1, -0.05) is 24.3 Å². The van der Waals surface area contributed by atoms with Crippen LogP contribution in [0.1, 0.15) is 24.1 Å². The Morgan fingerprint density at radius 3 is 2.71 bits per heavy atom. The van der Waals surface area contributed by atoms with Crippen LogP contribution in [0.2, 0.25) is 0 Å². The Morgan fingerprint density at radius 2 is 1.94 bits per heavy atom. The number of carbonyl (C=O) groups excluding carboxylic acids is 2. The van der Waals surface area contributed by atoms with E-state index in [-0.39, 0.29) is 36.8 Å². The Balaban J connectivity index is 1.65. The Bertz CT molecular complexity index is 1140. The quantitative estimate of drug-likeness (QED) is 0.522. The molecule has 1 atom stereocenters. The number of nitrogens with zero attached hydrogens (tertiary/aromatic N) is 1. The fourth-order valence-corrected chi connectivity index (χ4v) is 4.02. The number of likely N-dealkylation sites (N-methyl/N-ethyl adjacent to an activating group) is 1. The molecular weight excluding hydrogens is 464 g/mol. The van der Waals surface area contributed by atoms with Crippen LogP contribution in [0.15, 0.2) is 53.7 Å². The number of hydrogen-bond donors (Lipinski definition) is 2. The average Bonchev–Trinajstić information content (AvgIpc) is 3.26. The van der Waals surface area contributed by atoms with Crippen LogP contribution in [0.4, 0.5) is 13.6 Å². The summed E-state index contributed by atoms with van der Waals surface area (Å²) < 4.78 is 46.7. The number of rotatable bonds is 9. The molecule has 2 aliphatic heterocycles. The minimum absolute atomic E-state index is 0.0957. The number of benzene rings is 2. The van der Waals surface area contributed by atoms with Crippen molar-refractivity contribution in [2.75, 3.05) is 27.0 Å². The van der Waals surface area contributed by atoms with Crippen molar-refractivity contribution in [3.63, 3.8) is 0 Å². The Hall–Kier alpha value is -3.86. The normalized spacial score (nSPS) is 16.9. The van der Waals surface area contributed by atoms with Crippen molar-refractivity contribution in [2.45, 2.75) is 26.1 Å². The summed E-state index contributed by atoms with van der Waals surface area (Å²) in [7, 11) is 1.82. The number of para-hydroxylation sites is 1. The van der Waals surface area contributed by atoms with Gasteiger partial charge >= 0.3 is 18.6 Å². The first-order valence-electron chi connectivity index (χ1n) is 10.9. The Labute approximate surface area is 200 Å². The lowest BCUT2D eigenvalue weighted by Crippen LogP contribution is -2.48. The third-order valence-electron chi connectivity index (χ3n) is 5.41. The topological polar surface area (TPSA) is 98.4 Å². The fraction of sp³-hybridized carbons (Fsp3) is 0.333. The number of carbonyl (C=O) groups is 2. The van der Waals surface area contributed by atoms with Gasteiger partial charge in [0, 0.05) is 24.4 Å². The average molecular weight is 489 g/mol. The molecule has 2 amide bonds. The summed E-state index contributed by atoms with van der Waals surface area (Å²) in [5.74, 6) is 0.489. The molecule has 11 heteroatoms. The number of esters is 1. The van der Waals surface area contributed by atoms with Gasteiger partial charge in [0.25, 0.3) is 0 Å². The highest BCUT2D eigenvalue weighted by atomic mass is 19.3. The summed E-state index contributed by atoms with van der Waals surface area (Å²) in [4.78, 5) is 27.4. The lowest BCUT2D eigenvalue weighted by atomic mass is 9.94. The van der Waals surface area contributed by atoms with E-state index in [2.05, 4.69) is 15.4 Å². The van der Waals surface area contributed by atoms with E-state index in [1.807, 2.05) is 30.1 Å². The monoisotopic (exact) mass is 489 g/mol. The van der Waals surface area contributed by atoms with Crippen LogP contribution in [0, 0.1) is 0 Å². The van der Waals surface area contributed by atoms with Gasteiger partial charge in [-0.25, -0.2) is 9.59 Å². The first-order valence-corrected chi connectivity index (χ1v) is 10.9. The number of urea groups is 1. The van der Waals surface area contributed by atoms with E-state index in [1.165, 1.54) is 18.2 Å². The lowest BCUT2D eigenvalue weighted by Gasteiger charge is -2.31. The van der Waals surface area contributed by atoms with Crippen LogP contribution in [0.3, 0.4) is 0 Å². The van der Waals surface area contributed by atoms with Crippen molar-refractivity contribution in [1.82, 2.24) is 15.5 Å². The molecule has 2 aromatic rings. The fourth-order valence-electron chi connectivity index (χ4n) is 4.02. The highest BCUT2D eigenvalue weighted by Gasteiger charge is 2.36. The summed E-state index contributed by atoms with van der Waals surface area (Å²) in [6.45, 7) is -0.516. The summed E-state index contributed by atoms with van der Waals surface area (Å²) in [6.07, 6.45) is 0. The van der Waals surface area contributed by atoms with E-state index in [0.717, 1.165) is 5.56 Å². The van der Waals surface area contributed by atoms with Gasteiger partial charge in [-0.3, -0.25) is 4.90 Å². The van der Waals surface area contributed by atoms with Crippen LogP contribution in [0.5, 0.6) is 17.2 Å². The van der Waals surface area contributed by atoms with Gasteiger partial charge in [0.2, 0.25) is 6.79 Å². The zero-order chi connectivity index (χ0) is 24.9. The molecule has 0 radical (unpaired) electrons. The molecule has 0 aromatic heterocycles. The molecule has 0 fully saturated rings. The van der Waals surface area contributed by atoms with E-state index in [9.17, 15) is 18.4 Å². The molecule has 2 N–H and O–H groups in total. The highest BCUT2D eigenvalue weighted by molar-refractivity contribution is 5.95. The van der Waals surface area contributed by atoms with E-state index in [1.54, 1.807) is 13.0 Å². The van der Waals surface area contributed by atoms with Gasteiger partial charge in [0.05, 0.1) is 18.2 Å². The molecule has 0 bridgehead atoms. The number of hydrogen-bond acceptors (Lipinski definition) is 7. The third-order valence-corrected chi connectivity index (χ3v) is 5.41. The molecule has 2 aliphatic rings. The minimum atomic E-state index is -3.07. The molecule has 1 unspecified atom stereocenters. The molecule has 0 spiro atoms. The third kappa shape index (κ3) is 5.62. The molecule has 2 aromatic carbocycles. The maximum atomic E-state index is 13.0. The summed E-state index contributed by atoms with van der Waals surface area (Å²) in [5.41, 5.74) is 1.55. The van der Waals surface area contributed by atoms with Crippen LogP contribution < -0.4 is 24.8 Å². The minimum Gasteiger partial charge on any atom is -0.463 e. The van der Waals surface area contributed by atoms with Gasteiger partial charge in [-0.15, -0.1) is 0 Å². The van der Waals surface area contributed by atoms with Gasteiger partial charge in [0.1, 0.15) is 5.75 Å². The van der Waals surface area contributed by atoms with Gasteiger partial charge in [0.15, 0.2) is 11.5 Å². The molecule has 0 aliphatic carbocycles. The van der Waals surface area contributed by atoms with Crippen molar-refractivity contribution < 1.29 is 37.3 Å². The number of fused-ring (bicyclic) bond motifs is 1. The van der Waals surface area contributed by atoms with E-state index >= 15 is 0 Å². The number of alkyl halides is 2. The number of halogens is 2. The maximum Gasteiger partial charge on any atom is 0.387 e. The second-order valence-electron chi connectivity index (χ2n) is 7.92. The second kappa shape index (κ2) is 10.6. The number of amides is 2. The molecule has 0 saturated heterocycles. The van der Waals surface area contributed by atoms with Gasteiger partial charge < -0.3 is 29.6 Å². The van der Waals surface area contributed by atoms with Crippen molar-refractivity contribution >= 4 is 12.0 Å². The largest absolute Gasteiger partial charge is 0.463 e. The maximum absolute atomic E-state index is 13.0. The van der Waals surface area contributed by atoms with Crippen LogP contribution >= 0.6 is 0 Å². The molecule has 2 heterocycles. The van der Waals surface area contributed by atoms with Crippen molar-refractivity contribution in [3.8, 4) is 17.2 Å². The van der Waals surface area contributed by atoms with Crippen LogP contribution in [0.25, 0.3) is 0 Å². The van der Waals surface area contributed by atoms with E-state index < -0.39 is 24.7 Å². The standard InChI is InChI=1S/C24H25F2N3O6/c1-3-32-22(30)20-16(12-29(2)11-14-8-9-18-19(10-14)34-13-33-18)27-24(31)28-21(20)15-6-4-5-7-17(15)35-23(25)26/h4-10,21,23H,3,11-13H2,1-2H3,(H2,27,28,31). The van der Waals surface area contributed by atoms with Gasteiger partial charge in [-0.05, 0) is 37.7 Å². The highest BCUT2D eigenvalue weighted by Crippen LogP contribution is 2.35. The van der Waals surface area contributed by atoms with Crippen molar-refractivity contribution in [2.24, 2.45) is 0 Å². The molecule has 9 nitrogen and oxygen atoms in total. The predicted octanol–water partition coefficient (Wildman–Crippen LogP) is 3.32. The molecule has 35 heavy (non-hydrogen) atoms. The zero-order valence-corrected chi connectivity index (χ0v) is 19.2. The molecule has 0 saturated carbocycles. The predicted molar refractivity (Wildman–Crippen MR) is 120 cm³/mol. The molecule has 186 valence electrons. The Kier molecular flexibility index (Phi) is 7.35. The van der Waals surface area contributed by atoms with E-state index in [4.69, 9.17) is 14.2 Å².